The second kappa shape index (κ2) is 14.0. The largest absolute Gasteiger partial charge is 0.302 e. The van der Waals surface area contributed by atoms with Crippen LogP contribution in [0.3, 0.4) is 0 Å². The van der Waals surface area contributed by atoms with Crippen LogP contribution in [-0.4, -0.2) is 29.7 Å². The Kier molecular flexibility index (Phi) is 12.0. The molecule has 2 aliphatic rings. The Bertz CT molecular complexity index is 300. The summed E-state index contributed by atoms with van der Waals surface area (Å²) in [5.74, 6) is 0. The molecule has 0 bridgehead atoms. The van der Waals surface area contributed by atoms with Crippen molar-refractivity contribution in [3.05, 3.63) is 0 Å². The van der Waals surface area contributed by atoms with E-state index in [1.807, 2.05) is 0 Å². The molecule has 0 spiro atoms. The summed E-state index contributed by atoms with van der Waals surface area (Å²) in [6, 6.07) is 1.72. The summed E-state index contributed by atoms with van der Waals surface area (Å²) in [5, 5.41) is 3.91. The molecule has 2 aliphatic carbocycles. The van der Waals surface area contributed by atoms with Gasteiger partial charge in [-0.15, -0.1) is 0 Å². The van der Waals surface area contributed by atoms with Gasteiger partial charge in [-0.05, 0) is 38.6 Å². The van der Waals surface area contributed by atoms with Gasteiger partial charge in [-0.2, -0.15) is 0 Å². The first-order valence-electron chi connectivity index (χ1n) is 12.4. The van der Waals surface area contributed by atoms with Crippen molar-refractivity contribution >= 4 is 0 Å². The van der Waals surface area contributed by atoms with E-state index in [9.17, 15) is 0 Å². The minimum atomic E-state index is 0.641. The number of rotatable bonds is 13. The summed E-state index contributed by atoms with van der Waals surface area (Å²) in [4.78, 5) is 3.01. The monoisotopic (exact) mass is 364 g/mol. The first-order chi connectivity index (χ1) is 12.9. The van der Waals surface area contributed by atoms with E-state index >= 15 is 0 Å². The summed E-state index contributed by atoms with van der Waals surface area (Å²) in [7, 11) is 0. The Labute approximate surface area is 164 Å². The van der Waals surface area contributed by atoms with E-state index in [1.54, 1.807) is 0 Å². The molecule has 1 atom stereocenters. The molecule has 2 heteroatoms. The van der Waals surface area contributed by atoms with Crippen molar-refractivity contribution in [3.63, 3.8) is 0 Å². The van der Waals surface area contributed by atoms with Gasteiger partial charge < -0.3 is 5.32 Å². The SMILES string of the molecule is CCCCCCCCCC(NCC)N(C1CCCCC1)C1CCCCC1. The zero-order chi connectivity index (χ0) is 18.5. The van der Waals surface area contributed by atoms with Crippen LogP contribution in [0.25, 0.3) is 0 Å². The van der Waals surface area contributed by atoms with Gasteiger partial charge in [-0.1, -0.05) is 97.3 Å². The molecule has 0 aromatic carbocycles. The molecule has 0 saturated heterocycles. The highest BCUT2D eigenvalue weighted by atomic mass is 15.3. The molecular formula is C24H48N2. The molecule has 2 rings (SSSR count). The highest BCUT2D eigenvalue weighted by molar-refractivity contribution is 4.87. The smallest absolute Gasteiger partial charge is 0.0602 e. The van der Waals surface area contributed by atoms with Gasteiger partial charge in [0.2, 0.25) is 0 Å². The summed E-state index contributed by atoms with van der Waals surface area (Å²) in [5.41, 5.74) is 0. The van der Waals surface area contributed by atoms with E-state index in [2.05, 4.69) is 24.1 Å². The lowest BCUT2D eigenvalue weighted by Crippen LogP contribution is -2.56. The Balaban J connectivity index is 1.86. The van der Waals surface area contributed by atoms with Crippen LogP contribution in [0.2, 0.25) is 0 Å². The maximum Gasteiger partial charge on any atom is 0.0602 e. The normalized spacial score (nSPS) is 21.3. The molecule has 0 heterocycles. The minimum absolute atomic E-state index is 0.641. The number of hydrogen-bond donors (Lipinski definition) is 1. The quantitative estimate of drug-likeness (QED) is 0.279. The maximum atomic E-state index is 3.91. The van der Waals surface area contributed by atoms with E-state index in [1.165, 1.54) is 116 Å². The van der Waals surface area contributed by atoms with Crippen LogP contribution in [0, 0.1) is 0 Å². The van der Waals surface area contributed by atoms with Gasteiger partial charge in [0.15, 0.2) is 0 Å². The Hall–Kier alpha value is -0.0800. The molecule has 0 aliphatic heterocycles. The molecular weight excluding hydrogens is 316 g/mol. The first-order valence-corrected chi connectivity index (χ1v) is 12.4. The third-order valence-electron chi connectivity index (χ3n) is 6.87. The zero-order valence-corrected chi connectivity index (χ0v) is 18.1. The van der Waals surface area contributed by atoms with Crippen molar-refractivity contribution in [1.82, 2.24) is 10.2 Å². The van der Waals surface area contributed by atoms with E-state index < -0.39 is 0 Å². The maximum absolute atomic E-state index is 3.91. The molecule has 2 saturated carbocycles. The van der Waals surface area contributed by atoms with Gasteiger partial charge in [-0.25, -0.2) is 0 Å². The standard InChI is InChI=1S/C24H48N2/c1-3-5-6-7-8-9-16-21-24(25-4-2)26(22-17-12-10-13-18-22)23-19-14-11-15-20-23/h22-25H,3-21H2,1-2H3. The van der Waals surface area contributed by atoms with Crippen LogP contribution in [0.15, 0.2) is 0 Å². The lowest BCUT2D eigenvalue weighted by atomic mass is 9.87. The summed E-state index contributed by atoms with van der Waals surface area (Å²) >= 11 is 0. The molecule has 154 valence electrons. The summed E-state index contributed by atoms with van der Waals surface area (Å²) in [6.07, 6.45) is 26.6. The zero-order valence-electron chi connectivity index (χ0n) is 18.1. The summed E-state index contributed by atoms with van der Waals surface area (Å²) < 4.78 is 0. The Morgan fingerprint density at radius 2 is 1.19 bits per heavy atom. The predicted octanol–water partition coefficient (Wildman–Crippen LogP) is 7.03. The van der Waals surface area contributed by atoms with Crippen molar-refractivity contribution in [2.24, 2.45) is 0 Å². The Morgan fingerprint density at radius 3 is 1.69 bits per heavy atom. The van der Waals surface area contributed by atoms with E-state index in [0.717, 1.165) is 18.6 Å². The fourth-order valence-corrected chi connectivity index (χ4v) is 5.45. The lowest BCUT2D eigenvalue weighted by Gasteiger charge is -2.46. The van der Waals surface area contributed by atoms with Crippen LogP contribution in [0.4, 0.5) is 0 Å². The minimum Gasteiger partial charge on any atom is -0.302 e. The second-order valence-corrected chi connectivity index (χ2v) is 9.01. The average molecular weight is 365 g/mol. The number of unbranched alkanes of at least 4 members (excludes halogenated alkanes) is 6. The average Bonchev–Trinajstić information content (AvgIpc) is 2.69. The summed E-state index contributed by atoms with van der Waals surface area (Å²) in [6.45, 7) is 5.74. The van der Waals surface area contributed by atoms with Crippen LogP contribution in [0.5, 0.6) is 0 Å². The van der Waals surface area contributed by atoms with E-state index in [0.29, 0.717) is 6.17 Å². The Morgan fingerprint density at radius 1 is 0.692 bits per heavy atom. The van der Waals surface area contributed by atoms with Crippen LogP contribution < -0.4 is 5.32 Å². The number of hydrogen-bond acceptors (Lipinski definition) is 2. The molecule has 0 aromatic rings. The second-order valence-electron chi connectivity index (χ2n) is 9.01. The van der Waals surface area contributed by atoms with Gasteiger partial charge >= 0.3 is 0 Å². The van der Waals surface area contributed by atoms with Gasteiger partial charge in [-0.3, -0.25) is 4.90 Å². The molecule has 2 nitrogen and oxygen atoms in total. The van der Waals surface area contributed by atoms with E-state index in [4.69, 9.17) is 0 Å². The lowest BCUT2D eigenvalue weighted by molar-refractivity contribution is 0.0188. The van der Waals surface area contributed by atoms with Crippen molar-refractivity contribution in [2.75, 3.05) is 6.54 Å². The van der Waals surface area contributed by atoms with Crippen molar-refractivity contribution in [2.45, 2.75) is 148 Å². The van der Waals surface area contributed by atoms with Gasteiger partial charge in [0.1, 0.15) is 0 Å². The molecule has 0 aromatic heterocycles. The predicted molar refractivity (Wildman–Crippen MR) is 116 cm³/mol. The van der Waals surface area contributed by atoms with Gasteiger partial charge in [0, 0.05) is 12.1 Å². The van der Waals surface area contributed by atoms with Gasteiger partial charge in [0.25, 0.3) is 0 Å². The van der Waals surface area contributed by atoms with Gasteiger partial charge in [0.05, 0.1) is 6.17 Å². The van der Waals surface area contributed by atoms with Crippen molar-refractivity contribution < 1.29 is 0 Å². The van der Waals surface area contributed by atoms with Crippen molar-refractivity contribution in [3.8, 4) is 0 Å². The topological polar surface area (TPSA) is 15.3 Å². The number of nitrogens with zero attached hydrogens (tertiary/aromatic N) is 1. The molecule has 0 radical (unpaired) electrons. The van der Waals surface area contributed by atoms with Crippen molar-refractivity contribution in [1.29, 1.82) is 0 Å². The molecule has 2 fully saturated rings. The fourth-order valence-electron chi connectivity index (χ4n) is 5.45. The third-order valence-corrected chi connectivity index (χ3v) is 6.87. The van der Waals surface area contributed by atoms with Crippen LogP contribution in [0.1, 0.15) is 129 Å². The fraction of sp³-hybridized carbons (Fsp3) is 1.00. The van der Waals surface area contributed by atoms with Crippen LogP contribution >= 0.6 is 0 Å². The van der Waals surface area contributed by atoms with E-state index in [-0.39, 0.29) is 0 Å². The molecule has 26 heavy (non-hydrogen) atoms. The highest BCUT2D eigenvalue weighted by Crippen LogP contribution is 2.32. The molecule has 1 N–H and O–H groups in total. The third kappa shape index (κ3) is 7.89. The number of nitrogens with one attached hydrogen (secondary N) is 1. The molecule has 0 amide bonds. The first kappa shape index (κ1) is 22.2. The highest BCUT2D eigenvalue weighted by Gasteiger charge is 2.33. The van der Waals surface area contributed by atoms with Crippen LogP contribution in [-0.2, 0) is 0 Å². The molecule has 1 unspecified atom stereocenters.